The molecule has 0 radical (unpaired) electrons. The monoisotopic (exact) mass is 233 g/mol. The highest BCUT2D eigenvalue weighted by molar-refractivity contribution is 5.56. The second-order valence-corrected chi connectivity index (χ2v) is 5.04. The van der Waals surface area contributed by atoms with Gasteiger partial charge < -0.3 is 10.1 Å². The lowest BCUT2D eigenvalue weighted by Gasteiger charge is -2.28. The summed E-state index contributed by atoms with van der Waals surface area (Å²) in [6.07, 6.45) is 5.28. The molecule has 0 aromatic heterocycles. The smallest absolute Gasteiger partial charge is 0.142 e. The van der Waals surface area contributed by atoms with Gasteiger partial charge in [0.1, 0.15) is 5.75 Å². The Morgan fingerprint density at radius 3 is 2.88 bits per heavy atom. The number of anilines is 1. The molecule has 2 heteroatoms. The normalized spacial score (nSPS) is 24.4. The SMILES string of the molecule is CCOc1ccccc1NC1CCCC(C)C1. The Hall–Kier alpha value is -1.18. The number of nitrogens with one attached hydrogen (secondary N) is 1. The molecular weight excluding hydrogens is 210 g/mol. The van der Waals surface area contributed by atoms with Gasteiger partial charge in [0.15, 0.2) is 0 Å². The van der Waals surface area contributed by atoms with Crippen LogP contribution in [0.3, 0.4) is 0 Å². The molecule has 1 aromatic carbocycles. The van der Waals surface area contributed by atoms with Crippen molar-refractivity contribution in [1.29, 1.82) is 0 Å². The Labute approximate surface area is 104 Å². The highest BCUT2D eigenvalue weighted by Crippen LogP contribution is 2.30. The number of hydrogen-bond acceptors (Lipinski definition) is 2. The minimum Gasteiger partial charge on any atom is -0.492 e. The molecule has 0 saturated heterocycles. The summed E-state index contributed by atoms with van der Waals surface area (Å²) < 4.78 is 5.64. The minimum absolute atomic E-state index is 0.611. The molecule has 17 heavy (non-hydrogen) atoms. The second-order valence-electron chi connectivity index (χ2n) is 5.04. The maximum atomic E-state index is 5.64. The summed E-state index contributed by atoms with van der Waals surface area (Å²) in [7, 11) is 0. The van der Waals surface area contributed by atoms with E-state index in [0.29, 0.717) is 6.04 Å². The summed E-state index contributed by atoms with van der Waals surface area (Å²) in [5, 5.41) is 3.64. The van der Waals surface area contributed by atoms with Gasteiger partial charge in [0.05, 0.1) is 12.3 Å². The van der Waals surface area contributed by atoms with E-state index in [1.54, 1.807) is 0 Å². The van der Waals surface area contributed by atoms with E-state index in [9.17, 15) is 0 Å². The Morgan fingerprint density at radius 2 is 2.12 bits per heavy atom. The van der Waals surface area contributed by atoms with Crippen LogP contribution in [0, 0.1) is 5.92 Å². The van der Waals surface area contributed by atoms with E-state index >= 15 is 0 Å². The van der Waals surface area contributed by atoms with E-state index in [0.717, 1.165) is 24.0 Å². The zero-order chi connectivity index (χ0) is 12.1. The first-order valence-corrected chi connectivity index (χ1v) is 6.78. The Bertz CT molecular complexity index is 351. The minimum atomic E-state index is 0.611. The Balaban J connectivity index is 2.01. The first-order chi connectivity index (χ1) is 8.29. The number of hydrogen-bond donors (Lipinski definition) is 1. The van der Waals surface area contributed by atoms with E-state index in [1.165, 1.54) is 25.7 Å². The molecule has 0 bridgehead atoms. The third kappa shape index (κ3) is 3.39. The maximum absolute atomic E-state index is 5.64. The third-order valence-corrected chi connectivity index (χ3v) is 3.48. The van der Waals surface area contributed by atoms with E-state index in [1.807, 2.05) is 19.1 Å². The highest BCUT2D eigenvalue weighted by Gasteiger charge is 2.19. The molecule has 94 valence electrons. The van der Waals surface area contributed by atoms with Crippen LogP contribution in [0.15, 0.2) is 24.3 Å². The van der Waals surface area contributed by atoms with E-state index in [-0.39, 0.29) is 0 Å². The molecule has 2 atom stereocenters. The molecule has 1 saturated carbocycles. The van der Waals surface area contributed by atoms with Gasteiger partial charge in [0, 0.05) is 6.04 Å². The van der Waals surface area contributed by atoms with Crippen LogP contribution in [-0.4, -0.2) is 12.6 Å². The van der Waals surface area contributed by atoms with Crippen molar-refractivity contribution < 1.29 is 4.74 Å². The summed E-state index contributed by atoms with van der Waals surface area (Å²) in [6.45, 7) is 5.10. The van der Waals surface area contributed by atoms with Crippen molar-refractivity contribution in [3.05, 3.63) is 24.3 Å². The lowest BCUT2D eigenvalue weighted by molar-refractivity contribution is 0.337. The van der Waals surface area contributed by atoms with Crippen LogP contribution >= 0.6 is 0 Å². The molecule has 0 spiro atoms. The van der Waals surface area contributed by atoms with Crippen molar-refractivity contribution in [2.75, 3.05) is 11.9 Å². The summed E-state index contributed by atoms with van der Waals surface area (Å²) in [6, 6.07) is 8.86. The fraction of sp³-hybridized carbons (Fsp3) is 0.600. The molecular formula is C15H23NO. The molecule has 1 aliphatic carbocycles. The highest BCUT2D eigenvalue weighted by atomic mass is 16.5. The molecule has 0 heterocycles. The Kier molecular flexibility index (Phi) is 4.29. The van der Waals surface area contributed by atoms with Gasteiger partial charge in [-0.15, -0.1) is 0 Å². The van der Waals surface area contributed by atoms with Crippen molar-refractivity contribution in [1.82, 2.24) is 0 Å². The van der Waals surface area contributed by atoms with Gasteiger partial charge in [-0.1, -0.05) is 31.9 Å². The average molecular weight is 233 g/mol. The summed E-state index contributed by atoms with van der Waals surface area (Å²) in [5.74, 6) is 1.83. The summed E-state index contributed by atoms with van der Waals surface area (Å²) >= 11 is 0. The van der Waals surface area contributed by atoms with Crippen LogP contribution in [0.2, 0.25) is 0 Å². The molecule has 1 fully saturated rings. The largest absolute Gasteiger partial charge is 0.492 e. The topological polar surface area (TPSA) is 21.3 Å². The van der Waals surface area contributed by atoms with Gasteiger partial charge >= 0.3 is 0 Å². The van der Waals surface area contributed by atoms with E-state index < -0.39 is 0 Å². The van der Waals surface area contributed by atoms with Gasteiger partial charge in [0.2, 0.25) is 0 Å². The first-order valence-electron chi connectivity index (χ1n) is 6.78. The molecule has 0 aliphatic heterocycles. The van der Waals surface area contributed by atoms with Crippen molar-refractivity contribution in [3.63, 3.8) is 0 Å². The van der Waals surface area contributed by atoms with Crippen molar-refractivity contribution in [3.8, 4) is 5.75 Å². The van der Waals surface area contributed by atoms with Crippen LogP contribution in [-0.2, 0) is 0 Å². The number of ether oxygens (including phenoxy) is 1. The van der Waals surface area contributed by atoms with Gasteiger partial charge in [-0.2, -0.15) is 0 Å². The third-order valence-electron chi connectivity index (χ3n) is 3.48. The van der Waals surface area contributed by atoms with Gasteiger partial charge in [-0.3, -0.25) is 0 Å². The molecule has 2 nitrogen and oxygen atoms in total. The average Bonchev–Trinajstić information content (AvgIpc) is 2.32. The van der Waals surface area contributed by atoms with Crippen LogP contribution in [0.25, 0.3) is 0 Å². The molecule has 0 amide bonds. The van der Waals surface area contributed by atoms with Crippen molar-refractivity contribution in [2.24, 2.45) is 5.92 Å². The fourth-order valence-electron chi connectivity index (χ4n) is 2.65. The first kappa shape index (κ1) is 12.3. The standard InChI is InChI=1S/C15H23NO/c1-3-17-15-10-5-4-9-14(15)16-13-8-6-7-12(2)11-13/h4-5,9-10,12-13,16H,3,6-8,11H2,1-2H3. The quantitative estimate of drug-likeness (QED) is 0.846. The molecule has 2 unspecified atom stereocenters. The van der Waals surface area contributed by atoms with Crippen molar-refractivity contribution >= 4 is 5.69 Å². The van der Waals surface area contributed by atoms with E-state index in [4.69, 9.17) is 4.74 Å². The van der Waals surface area contributed by atoms with Crippen molar-refractivity contribution in [2.45, 2.75) is 45.6 Å². The number of para-hydroxylation sites is 2. The maximum Gasteiger partial charge on any atom is 0.142 e. The predicted molar refractivity (Wildman–Crippen MR) is 72.7 cm³/mol. The van der Waals surface area contributed by atoms with Crippen LogP contribution in [0.4, 0.5) is 5.69 Å². The molecule has 2 rings (SSSR count). The van der Waals surface area contributed by atoms with Gasteiger partial charge in [-0.25, -0.2) is 0 Å². The van der Waals surface area contributed by atoms with Gasteiger partial charge in [0.25, 0.3) is 0 Å². The van der Waals surface area contributed by atoms with E-state index in [2.05, 4.69) is 24.4 Å². The van der Waals surface area contributed by atoms with Crippen LogP contribution in [0.5, 0.6) is 5.75 Å². The number of benzene rings is 1. The molecule has 1 aromatic rings. The summed E-state index contributed by atoms with van der Waals surface area (Å²) in [5.41, 5.74) is 1.15. The fourth-order valence-corrected chi connectivity index (χ4v) is 2.65. The number of rotatable bonds is 4. The second kappa shape index (κ2) is 5.95. The molecule has 1 aliphatic rings. The van der Waals surface area contributed by atoms with Crippen LogP contribution in [0.1, 0.15) is 39.5 Å². The zero-order valence-electron chi connectivity index (χ0n) is 10.9. The molecule has 1 N–H and O–H groups in total. The predicted octanol–water partition coefficient (Wildman–Crippen LogP) is 4.08. The van der Waals surface area contributed by atoms with Gasteiger partial charge in [-0.05, 0) is 37.8 Å². The summed E-state index contributed by atoms with van der Waals surface area (Å²) in [4.78, 5) is 0. The Morgan fingerprint density at radius 1 is 1.29 bits per heavy atom. The van der Waals surface area contributed by atoms with Crippen LogP contribution < -0.4 is 10.1 Å². The lowest BCUT2D eigenvalue weighted by Crippen LogP contribution is -2.26. The zero-order valence-corrected chi connectivity index (χ0v) is 10.9. The lowest BCUT2D eigenvalue weighted by atomic mass is 9.87.